The first-order valence-electron chi connectivity index (χ1n) is 21.2. The number of carbonyl (C=O) groups is 3. The molecule has 0 bridgehead atoms. The molecule has 60 heavy (non-hydrogen) atoms. The Morgan fingerprint density at radius 1 is 0.767 bits per heavy atom. The molecule has 0 saturated carbocycles. The number of aliphatic imine (C=N–C) groups is 1. The van der Waals surface area contributed by atoms with Gasteiger partial charge < -0.3 is 41.4 Å². The van der Waals surface area contributed by atoms with E-state index in [-0.39, 0.29) is 24.7 Å². The van der Waals surface area contributed by atoms with Gasteiger partial charge in [0, 0.05) is 30.6 Å². The highest BCUT2D eigenvalue weighted by Gasteiger charge is 2.24. The number of guanidine groups is 1. The smallest absolute Gasteiger partial charge is 0.407 e. The van der Waals surface area contributed by atoms with E-state index in [1.165, 1.54) is 0 Å². The zero-order valence-electron chi connectivity index (χ0n) is 36.6. The maximum atomic E-state index is 13.8. The summed E-state index contributed by atoms with van der Waals surface area (Å²) >= 11 is 0. The molecule has 326 valence electrons. The molecule has 4 aromatic rings. The van der Waals surface area contributed by atoms with Crippen LogP contribution in [0.15, 0.2) is 77.8 Å². The minimum absolute atomic E-state index is 0.105. The highest BCUT2D eigenvalue weighted by atomic mass is 31.1. The molecule has 12 nitrogen and oxygen atoms in total. The van der Waals surface area contributed by atoms with E-state index in [9.17, 15) is 14.4 Å². The number of alkyl carbamates (subject to hydrolysis) is 1. The van der Waals surface area contributed by atoms with Gasteiger partial charge in [0.2, 0.25) is 5.91 Å². The highest BCUT2D eigenvalue weighted by Crippen LogP contribution is 2.45. The van der Waals surface area contributed by atoms with E-state index < -0.39 is 31.9 Å². The van der Waals surface area contributed by atoms with Gasteiger partial charge in [0.05, 0.1) is 25.3 Å². The van der Waals surface area contributed by atoms with Crippen LogP contribution in [0.4, 0.5) is 4.79 Å². The zero-order chi connectivity index (χ0) is 43.7. The van der Waals surface area contributed by atoms with Gasteiger partial charge in [-0.05, 0) is 127 Å². The van der Waals surface area contributed by atoms with Crippen LogP contribution in [-0.4, -0.2) is 81.1 Å². The Morgan fingerprint density at radius 3 is 1.95 bits per heavy atom. The SMILES string of the molecule is CC(C)CCOc1ccc2ccccc2c1-c1c(OCCCC(=O)[C@@H](CCCCNC(=O)OC(C)(C)C)NC(=O)[C@H](N)CCCN=C(N)NP(C)C)ccc2ccccc12. The standard InChI is InChI=1S/C47H67N6O6P/c1-32(2)27-31-58-41-26-24-34-17-9-11-19-36(34)43(41)42-35-18-10-8-16-33(35)23-25-40(42)57-30-15-22-39(54)38(21-12-13-28-51-46(56)59-47(3,4)5)52-44(55)37(48)20-14-29-50-45(49)53-60(6)7/h8-11,16-19,23-26,32,37-38H,12-15,20-22,27-31,48H2,1-7H3,(H,51,56)(H,52,55)(H3,49,50,53)/t37-,38-/m1/s1. The molecule has 0 saturated heterocycles. The average Bonchev–Trinajstić information content (AvgIpc) is 3.19. The number of hydrogen-bond donors (Lipinski definition) is 5. The third kappa shape index (κ3) is 15.6. The lowest BCUT2D eigenvalue weighted by Crippen LogP contribution is -2.48. The molecule has 13 heteroatoms. The summed E-state index contributed by atoms with van der Waals surface area (Å²) in [5, 5.41) is 13.1. The largest absolute Gasteiger partial charge is 0.493 e. The van der Waals surface area contributed by atoms with Crippen molar-refractivity contribution in [2.75, 3.05) is 39.6 Å². The summed E-state index contributed by atoms with van der Waals surface area (Å²) in [6, 6.07) is 23.2. The number of carbonyl (C=O) groups excluding carboxylic acids is 3. The van der Waals surface area contributed by atoms with Crippen molar-refractivity contribution in [1.82, 2.24) is 15.7 Å². The van der Waals surface area contributed by atoms with Crippen LogP contribution >= 0.6 is 8.07 Å². The molecule has 0 unspecified atom stereocenters. The topological polar surface area (TPSA) is 179 Å². The van der Waals surface area contributed by atoms with Gasteiger partial charge in [0.15, 0.2) is 11.7 Å². The van der Waals surface area contributed by atoms with Crippen LogP contribution in [0.2, 0.25) is 0 Å². The Hall–Kier alpha value is -4.93. The molecule has 2 amide bonds. The number of amides is 2. The molecule has 0 fully saturated rings. The number of fused-ring (bicyclic) bond motifs is 2. The Balaban J connectivity index is 1.47. The van der Waals surface area contributed by atoms with Gasteiger partial charge in [-0.1, -0.05) is 74.5 Å². The molecule has 0 heterocycles. The first kappa shape index (κ1) is 47.7. The van der Waals surface area contributed by atoms with Gasteiger partial charge in [-0.2, -0.15) is 0 Å². The molecule has 7 N–H and O–H groups in total. The molecule has 4 rings (SSSR count). The average molecular weight is 843 g/mol. The van der Waals surface area contributed by atoms with Gasteiger partial charge in [0.1, 0.15) is 17.1 Å². The fraction of sp³-hybridized carbons (Fsp3) is 0.489. The number of rotatable bonds is 23. The van der Waals surface area contributed by atoms with Crippen LogP contribution in [0, 0.1) is 5.92 Å². The highest BCUT2D eigenvalue weighted by molar-refractivity contribution is 7.54. The van der Waals surface area contributed by atoms with Crippen molar-refractivity contribution in [3.05, 3.63) is 72.8 Å². The second kappa shape index (κ2) is 23.8. The Morgan fingerprint density at radius 2 is 1.37 bits per heavy atom. The fourth-order valence-corrected chi connectivity index (χ4v) is 7.27. The van der Waals surface area contributed by atoms with Crippen molar-refractivity contribution in [3.8, 4) is 22.6 Å². The summed E-state index contributed by atoms with van der Waals surface area (Å²) in [5.74, 6) is 1.88. The minimum Gasteiger partial charge on any atom is -0.493 e. The van der Waals surface area contributed by atoms with Crippen LogP contribution in [0.3, 0.4) is 0 Å². The van der Waals surface area contributed by atoms with Crippen LogP contribution < -0.4 is 36.7 Å². The number of ketones is 1. The summed E-state index contributed by atoms with van der Waals surface area (Å²) in [6.45, 7) is 15.6. The number of unbranched alkanes of at least 4 members (excludes halogenated alkanes) is 1. The lowest BCUT2D eigenvalue weighted by molar-refractivity contribution is -0.128. The maximum absolute atomic E-state index is 13.8. The van der Waals surface area contributed by atoms with E-state index in [2.05, 4.69) is 71.0 Å². The second-order valence-electron chi connectivity index (χ2n) is 16.8. The number of nitrogens with one attached hydrogen (secondary N) is 3. The van der Waals surface area contributed by atoms with Crippen molar-refractivity contribution in [3.63, 3.8) is 0 Å². The zero-order valence-corrected chi connectivity index (χ0v) is 37.5. The molecule has 0 radical (unpaired) electrons. The molecular weight excluding hydrogens is 776 g/mol. The van der Waals surface area contributed by atoms with Crippen molar-refractivity contribution in [2.45, 2.75) is 104 Å². The van der Waals surface area contributed by atoms with E-state index >= 15 is 0 Å². The van der Waals surface area contributed by atoms with Crippen LogP contribution in [0.5, 0.6) is 11.5 Å². The summed E-state index contributed by atoms with van der Waals surface area (Å²) < 4.78 is 18.4. The third-order valence-corrected chi connectivity index (χ3v) is 10.4. The predicted octanol–water partition coefficient (Wildman–Crippen LogP) is 8.66. The predicted molar refractivity (Wildman–Crippen MR) is 247 cm³/mol. The number of Topliss-reactive ketones (excluding diaryl/α,β-unsaturated/α-hetero) is 1. The van der Waals surface area contributed by atoms with Gasteiger partial charge in [0.25, 0.3) is 0 Å². The van der Waals surface area contributed by atoms with Gasteiger partial charge in [-0.15, -0.1) is 0 Å². The normalized spacial score (nSPS) is 13.0. The first-order chi connectivity index (χ1) is 28.6. The molecule has 0 aromatic heterocycles. The van der Waals surface area contributed by atoms with Gasteiger partial charge >= 0.3 is 6.09 Å². The lowest BCUT2D eigenvalue weighted by atomic mass is 9.92. The quantitative estimate of drug-likeness (QED) is 0.0212. The molecule has 0 aliphatic heterocycles. The Bertz CT molecular complexity index is 2050. The van der Waals surface area contributed by atoms with Crippen molar-refractivity contribution >= 4 is 53.4 Å². The Labute approximate surface area is 357 Å². The van der Waals surface area contributed by atoms with Crippen molar-refractivity contribution in [2.24, 2.45) is 22.4 Å². The van der Waals surface area contributed by atoms with Crippen LogP contribution in [0.25, 0.3) is 32.7 Å². The molecule has 4 aromatic carbocycles. The third-order valence-electron chi connectivity index (χ3n) is 9.73. The lowest BCUT2D eigenvalue weighted by Gasteiger charge is -2.21. The van der Waals surface area contributed by atoms with Crippen molar-refractivity contribution in [1.29, 1.82) is 0 Å². The molecule has 0 aliphatic rings. The molecular formula is C47H67N6O6P. The number of benzene rings is 4. The second-order valence-corrected chi connectivity index (χ2v) is 18.8. The van der Waals surface area contributed by atoms with Gasteiger partial charge in [-0.3, -0.25) is 14.6 Å². The maximum Gasteiger partial charge on any atom is 0.407 e. The van der Waals surface area contributed by atoms with E-state index in [4.69, 9.17) is 25.7 Å². The van der Waals surface area contributed by atoms with Crippen LogP contribution in [-0.2, 0) is 14.3 Å². The Kier molecular flexibility index (Phi) is 18.9. The number of nitrogens with two attached hydrogens (primary N) is 2. The van der Waals surface area contributed by atoms with E-state index in [0.29, 0.717) is 75.8 Å². The molecule has 0 spiro atoms. The van der Waals surface area contributed by atoms with Gasteiger partial charge in [-0.25, -0.2) is 4.79 Å². The van der Waals surface area contributed by atoms with Crippen molar-refractivity contribution < 1.29 is 28.6 Å². The summed E-state index contributed by atoms with van der Waals surface area (Å²) in [5.41, 5.74) is 13.5. The summed E-state index contributed by atoms with van der Waals surface area (Å²) in [6.07, 6.45) is 3.59. The first-order valence-corrected chi connectivity index (χ1v) is 23.5. The fourth-order valence-electron chi connectivity index (χ4n) is 6.74. The summed E-state index contributed by atoms with van der Waals surface area (Å²) in [4.78, 5) is 43.6. The number of hydrogen-bond acceptors (Lipinski definition) is 8. The van der Waals surface area contributed by atoms with E-state index in [1.807, 2.05) is 49.7 Å². The van der Waals surface area contributed by atoms with E-state index in [0.717, 1.165) is 44.8 Å². The number of nitrogens with zero attached hydrogens (tertiary/aromatic N) is 1. The van der Waals surface area contributed by atoms with Crippen LogP contribution in [0.1, 0.15) is 86.0 Å². The van der Waals surface area contributed by atoms with E-state index in [1.54, 1.807) is 20.8 Å². The molecule has 2 atom stereocenters. The minimum atomic E-state index is -0.809. The monoisotopic (exact) mass is 842 g/mol. The number of ether oxygens (including phenoxy) is 3. The molecule has 0 aliphatic carbocycles. The summed E-state index contributed by atoms with van der Waals surface area (Å²) in [7, 11) is -0.430.